The molecule has 1 aliphatic rings. The van der Waals surface area contributed by atoms with E-state index >= 15 is 0 Å². The van der Waals surface area contributed by atoms with Gasteiger partial charge in [0.2, 0.25) is 0 Å². The first kappa shape index (κ1) is 16.1. The normalized spacial score (nSPS) is 17.0. The Kier molecular flexibility index (Phi) is 5.37. The molecule has 0 aliphatic heterocycles. The summed E-state index contributed by atoms with van der Waals surface area (Å²) >= 11 is 0. The zero-order valence-electron chi connectivity index (χ0n) is 13.9. The summed E-state index contributed by atoms with van der Waals surface area (Å²) in [5, 5.41) is 0. The number of aromatic nitrogens is 2. The second-order valence-electron chi connectivity index (χ2n) is 6.63. The van der Waals surface area contributed by atoms with Crippen LogP contribution in [0.25, 0.3) is 11.4 Å². The van der Waals surface area contributed by atoms with Crippen molar-refractivity contribution in [1.82, 2.24) is 9.97 Å². The minimum Gasteiger partial charge on any atom is -0.236 e. The van der Waals surface area contributed by atoms with Crippen LogP contribution in [0.4, 0.5) is 4.39 Å². The highest BCUT2D eigenvalue weighted by molar-refractivity contribution is 5.55. The van der Waals surface area contributed by atoms with Crippen molar-refractivity contribution in [3.63, 3.8) is 0 Å². The maximum Gasteiger partial charge on any atom is 0.159 e. The van der Waals surface area contributed by atoms with Crippen LogP contribution in [0.15, 0.2) is 30.5 Å². The third kappa shape index (κ3) is 4.15. The van der Waals surface area contributed by atoms with E-state index in [9.17, 15) is 4.39 Å². The highest BCUT2D eigenvalue weighted by Crippen LogP contribution is 2.29. The highest BCUT2D eigenvalue weighted by Gasteiger charge is 2.20. The van der Waals surface area contributed by atoms with Gasteiger partial charge < -0.3 is 0 Å². The first-order chi connectivity index (χ1) is 11.3. The Bertz CT molecular complexity index is 637. The molecule has 0 bridgehead atoms. The van der Waals surface area contributed by atoms with E-state index in [1.807, 2.05) is 6.20 Å². The van der Waals surface area contributed by atoms with E-state index in [0.717, 1.165) is 24.3 Å². The van der Waals surface area contributed by atoms with Crippen LogP contribution in [0.5, 0.6) is 0 Å². The van der Waals surface area contributed by atoms with E-state index in [4.69, 9.17) is 4.98 Å². The third-order valence-electron chi connectivity index (χ3n) is 4.82. The molecular weight excluding hydrogens is 287 g/mol. The van der Waals surface area contributed by atoms with Crippen LogP contribution in [0.2, 0.25) is 0 Å². The van der Waals surface area contributed by atoms with E-state index in [1.165, 1.54) is 61.9 Å². The van der Waals surface area contributed by atoms with Crippen LogP contribution < -0.4 is 0 Å². The molecule has 23 heavy (non-hydrogen) atoms. The second kappa shape index (κ2) is 7.67. The summed E-state index contributed by atoms with van der Waals surface area (Å²) in [6, 6.07) is 6.42. The number of nitrogens with zero attached hydrogens (tertiary/aromatic N) is 2. The number of unbranched alkanes of at least 4 members (excludes halogenated alkanes) is 3. The van der Waals surface area contributed by atoms with Crippen molar-refractivity contribution in [3.8, 4) is 11.4 Å². The first-order valence-electron chi connectivity index (χ1n) is 8.87. The maximum atomic E-state index is 13.0. The molecule has 1 heterocycles. The molecule has 2 aromatic rings. The van der Waals surface area contributed by atoms with Crippen LogP contribution in [-0.4, -0.2) is 9.97 Å². The summed E-state index contributed by atoms with van der Waals surface area (Å²) in [4.78, 5) is 9.23. The first-order valence-corrected chi connectivity index (χ1v) is 8.87. The molecule has 2 nitrogen and oxygen atoms in total. The van der Waals surface area contributed by atoms with E-state index < -0.39 is 0 Å². The van der Waals surface area contributed by atoms with Gasteiger partial charge in [-0.25, -0.2) is 14.4 Å². The van der Waals surface area contributed by atoms with Crippen molar-refractivity contribution in [3.05, 3.63) is 47.5 Å². The molecule has 0 saturated heterocycles. The standard InChI is InChI=1S/C20H25FN2/c1-2-3-4-5-6-15-7-12-19-17(13-15)14-22-20(23-19)16-8-10-18(21)11-9-16/h8-11,14-15H,2-7,12-13H2,1H3. The SMILES string of the molecule is CCCCCCC1CCc2nc(-c3ccc(F)cc3)ncc2C1. The van der Waals surface area contributed by atoms with E-state index in [2.05, 4.69) is 11.9 Å². The molecule has 3 rings (SSSR count). The van der Waals surface area contributed by atoms with Gasteiger partial charge in [0.1, 0.15) is 5.82 Å². The molecule has 3 heteroatoms. The number of aryl methyl sites for hydroxylation is 1. The smallest absolute Gasteiger partial charge is 0.159 e. The summed E-state index contributed by atoms with van der Waals surface area (Å²) in [6.45, 7) is 2.26. The third-order valence-corrected chi connectivity index (χ3v) is 4.82. The summed E-state index contributed by atoms with van der Waals surface area (Å²) < 4.78 is 13.0. The zero-order valence-corrected chi connectivity index (χ0v) is 13.9. The number of hydrogen-bond donors (Lipinski definition) is 0. The Morgan fingerprint density at radius 2 is 1.96 bits per heavy atom. The summed E-state index contributed by atoms with van der Waals surface area (Å²) in [7, 11) is 0. The van der Waals surface area contributed by atoms with Crippen LogP contribution >= 0.6 is 0 Å². The fraction of sp³-hybridized carbons (Fsp3) is 0.500. The lowest BCUT2D eigenvalue weighted by atomic mass is 9.84. The van der Waals surface area contributed by atoms with E-state index in [0.29, 0.717) is 5.82 Å². The number of halogens is 1. The van der Waals surface area contributed by atoms with Gasteiger partial charge in [0, 0.05) is 17.5 Å². The molecule has 0 N–H and O–H groups in total. The summed E-state index contributed by atoms with van der Waals surface area (Å²) in [5.41, 5.74) is 3.38. The van der Waals surface area contributed by atoms with E-state index in [-0.39, 0.29) is 5.82 Å². The van der Waals surface area contributed by atoms with Crippen molar-refractivity contribution in [2.75, 3.05) is 0 Å². The van der Waals surface area contributed by atoms with Gasteiger partial charge in [-0.2, -0.15) is 0 Å². The van der Waals surface area contributed by atoms with Crippen LogP contribution in [0.1, 0.15) is 56.7 Å². The topological polar surface area (TPSA) is 25.8 Å². The molecule has 1 unspecified atom stereocenters. The second-order valence-corrected chi connectivity index (χ2v) is 6.63. The predicted molar refractivity (Wildman–Crippen MR) is 91.7 cm³/mol. The highest BCUT2D eigenvalue weighted by atomic mass is 19.1. The van der Waals surface area contributed by atoms with Crippen LogP contribution in [0.3, 0.4) is 0 Å². The fourth-order valence-corrected chi connectivity index (χ4v) is 3.43. The molecule has 0 fully saturated rings. The average molecular weight is 312 g/mol. The van der Waals surface area contributed by atoms with Gasteiger partial charge in [-0.3, -0.25) is 0 Å². The largest absolute Gasteiger partial charge is 0.236 e. The van der Waals surface area contributed by atoms with Gasteiger partial charge in [-0.1, -0.05) is 39.0 Å². The Morgan fingerprint density at radius 1 is 1.13 bits per heavy atom. The Labute approximate surface area is 138 Å². The van der Waals surface area contributed by atoms with Crippen LogP contribution in [-0.2, 0) is 12.8 Å². The molecule has 0 radical (unpaired) electrons. The molecule has 0 saturated carbocycles. The van der Waals surface area contributed by atoms with Gasteiger partial charge in [-0.05, 0) is 55.0 Å². The lowest BCUT2D eigenvalue weighted by Crippen LogP contribution is -2.16. The Hall–Kier alpha value is -1.77. The van der Waals surface area contributed by atoms with Gasteiger partial charge in [0.15, 0.2) is 5.82 Å². The lowest BCUT2D eigenvalue weighted by molar-refractivity contribution is 0.401. The Balaban J connectivity index is 1.65. The van der Waals surface area contributed by atoms with Crippen molar-refractivity contribution in [1.29, 1.82) is 0 Å². The summed E-state index contributed by atoms with van der Waals surface area (Å²) in [6.07, 6.45) is 12.1. The van der Waals surface area contributed by atoms with Crippen molar-refractivity contribution >= 4 is 0 Å². The molecule has 1 aromatic heterocycles. The quantitative estimate of drug-likeness (QED) is 0.671. The molecular formula is C20H25FN2. The monoisotopic (exact) mass is 312 g/mol. The van der Waals surface area contributed by atoms with Gasteiger partial charge >= 0.3 is 0 Å². The van der Waals surface area contributed by atoms with Crippen molar-refractivity contribution < 1.29 is 4.39 Å². The molecule has 0 amide bonds. The fourth-order valence-electron chi connectivity index (χ4n) is 3.43. The number of hydrogen-bond acceptors (Lipinski definition) is 2. The molecule has 0 spiro atoms. The minimum absolute atomic E-state index is 0.224. The molecule has 1 aliphatic carbocycles. The number of fused-ring (bicyclic) bond motifs is 1. The van der Waals surface area contributed by atoms with Crippen molar-refractivity contribution in [2.45, 2.75) is 58.3 Å². The maximum absolute atomic E-state index is 13.0. The van der Waals surface area contributed by atoms with E-state index in [1.54, 1.807) is 12.1 Å². The molecule has 1 atom stereocenters. The lowest BCUT2D eigenvalue weighted by Gasteiger charge is -2.24. The molecule has 122 valence electrons. The van der Waals surface area contributed by atoms with Gasteiger partial charge in [0.05, 0.1) is 0 Å². The minimum atomic E-state index is -0.224. The number of rotatable bonds is 6. The average Bonchev–Trinajstić information content (AvgIpc) is 2.59. The Morgan fingerprint density at radius 3 is 2.74 bits per heavy atom. The predicted octanol–water partition coefficient (Wildman–Crippen LogP) is 5.36. The van der Waals surface area contributed by atoms with Crippen molar-refractivity contribution in [2.24, 2.45) is 5.92 Å². The van der Waals surface area contributed by atoms with Crippen LogP contribution in [0, 0.1) is 11.7 Å². The summed E-state index contributed by atoms with van der Waals surface area (Å²) in [5.74, 6) is 1.28. The van der Waals surface area contributed by atoms with Gasteiger partial charge in [0.25, 0.3) is 0 Å². The van der Waals surface area contributed by atoms with Gasteiger partial charge in [-0.15, -0.1) is 0 Å². The number of benzene rings is 1. The zero-order chi connectivity index (χ0) is 16.1. The molecule has 1 aromatic carbocycles.